The van der Waals surface area contributed by atoms with Gasteiger partial charge in [-0.3, -0.25) is 15.6 Å². The first-order chi connectivity index (χ1) is 10.5. The van der Waals surface area contributed by atoms with Crippen LogP contribution in [-0.2, 0) is 0 Å². The van der Waals surface area contributed by atoms with Crippen molar-refractivity contribution in [3.8, 4) is 0 Å². The second-order valence-corrected chi connectivity index (χ2v) is 5.02. The van der Waals surface area contributed by atoms with Gasteiger partial charge in [0.25, 0.3) is 5.91 Å². The van der Waals surface area contributed by atoms with Gasteiger partial charge in [-0.2, -0.15) is 0 Å². The van der Waals surface area contributed by atoms with E-state index in [0.717, 1.165) is 0 Å². The number of nitrogens with one attached hydrogen (secondary N) is 3. The average molecular weight is 322 g/mol. The monoisotopic (exact) mass is 321 g/mol. The maximum atomic E-state index is 12.0. The number of carbonyl (C=O) groups is 1. The van der Waals surface area contributed by atoms with E-state index in [4.69, 9.17) is 17.3 Å². The fourth-order valence-electron chi connectivity index (χ4n) is 1.61. The molecule has 2 aromatic rings. The van der Waals surface area contributed by atoms with Crippen molar-refractivity contribution in [2.24, 2.45) is 0 Å². The molecule has 0 aliphatic carbocycles. The van der Waals surface area contributed by atoms with Gasteiger partial charge in [-0.1, -0.05) is 17.7 Å². The number of rotatable bonds is 5. The van der Waals surface area contributed by atoms with Crippen molar-refractivity contribution in [3.63, 3.8) is 0 Å². The number of nitrogen functional groups attached to an aromatic ring is 1. The van der Waals surface area contributed by atoms with Gasteiger partial charge in [-0.15, -0.1) is 0 Å². The molecule has 0 aliphatic rings. The molecule has 0 spiro atoms. The molecule has 22 heavy (non-hydrogen) atoms. The van der Waals surface area contributed by atoms with Crippen LogP contribution in [0.1, 0.15) is 10.4 Å². The average Bonchev–Trinajstić information content (AvgIpc) is 2.47. The van der Waals surface area contributed by atoms with Gasteiger partial charge in [0.2, 0.25) is 0 Å². The number of hydrogen-bond acceptors (Lipinski definition) is 7. The maximum absolute atomic E-state index is 12.0. The van der Waals surface area contributed by atoms with Crippen LogP contribution >= 0.6 is 11.6 Å². The molecule has 116 valence electrons. The van der Waals surface area contributed by atoms with Gasteiger partial charge in [-0.05, 0) is 18.2 Å². The highest BCUT2D eigenvalue weighted by atomic mass is 35.5. The van der Waals surface area contributed by atoms with E-state index in [2.05, 4.69) is 26.2 Å². The molecule has 9 heteroatoms. The van der Waals surface area contributed by atoms with Gasteiger partial charge >= 0.3 is 0 Å². The van der Waals surface area contributed by atoms with Crippen LogP contribution in [0.3, 0.4) is 0 Å². The number of halogens is 1. The highest BCUT2D eigenvalue weighted by molar-refractivity contribution is 6.30. The third-order valence-corrected chi connectivity index (χ3v) is 2.83. The zero-order valence-electron chi connectivity index (χ0n) is 12.1. The molecule has 0 unspecified atom stereocenters. The number of hydrogen-bond donors (Lipinski definition) is 4. The standard InChI is InChI=1S/C13H16ClN7O/c1-21(2)20-12-10(15)11(16-7-17-12)18-19-13(22)8-4-3-5-9(14)6-8/h3-7H,15H2,1-2H3,(H,19,22)(H2,16,17,18,20). The Kier molecular flexibility index (Phi) is 4.97. The number of aromatic nitrogens is 2. The molecule has 1 heterocycles. The summed E-state index contributed by atoms with van der Waals surface area (Å²) in [6, 6.07) is 6.58. The predicted octanol–water partition coefficient (Wildman–Crippen LogP) is 1.36. The summed E-state index contributed by atoms with van der Waals surface area (Å²) in [6.45, 7) is 0. The number of carbonyl (C=O) groups excluding carboxylic acids is 1. The van der Waals surface area contributed by atoms with Crippen molar-refractivity contribution < 1.29 is 4.79 Å². The molecular formula is C13H16ClN7O. The third-order valence-electron chi connectivity index (χ3n) is 2.59. The van der Waals surface area contributed by atoms with E-state index in [1.807, 2.05) is 0 Å². The summed E-state index contributed by atoms with van der Waals surface area (Å²) in [5.74, 6) is 0.358. The fourth-order valence-corrected chi connectivity index (χ4v) is 1.80. The van der Waals surface area contributed by atoms with Gasteiger partial charge in [0.05, 0.1) is 0 Å². The summed E-state index contributed by atoms with van der Waals surface area (Å²) in [7, 11) is 3.60. The Morgan fingerprint density at radius 2 is 2.00 bits per heavy atom. The number of nitrogens with zero attached hydrogens (tertiary/aromatic N) is 3. The third kappa shape index (κ3) is 3.96. The molecule has 0 fully saturated rings. The van der Waals surface area contributed by atoms with Crippen molar-refractivity contribution in [1.82, 2.24) is 20.4 Å². The summed E-state index contributed by atoms with van der Waals surface area (Å²) in [5, 5.41) is 2.17. The minimum absolute atomic E-state index is 0.280. The molecule has 0 aliphatic heterocycles. The van der Waals surface area contributed by atoms with Crippen LogP contribution < -0.4 is 22.0 Å². The van der Waals surface area contributed by atoms with E-state index in [9.17, 15) is 4.79 Å². The van der Waals surface area contributed by atoms with Gasteiger partial charge in [0, 0.05) is 24.7 Å². The van der Waals surface area contributed by atoms with E-state index in [1.165, 1.54) is 6.33 Å². The van der Waals surface area contributed by atoms with E-state index in [1.54, 1.807) is 43.4 Å². The van der Waals surface area contributed by atoms with Crippen LogP contribution in [0.25, 0.3) is 0 Å². The molecule has 0 atom stereocenters. The first-order valence-electron chi connectivity index (χ1n) is 6.33. The molecular weight excluding hydrogens is 306 g/mol. The lowest BCUT2D eigenvalue weighted by Crippen LogP contribution is -2.30. The van der Waals surface area contributed by atoms with E-state index in [-0.39, 0.29) is 17.4 Å². The van der Waals surface area contributed by atoms with E-state index < -0.39 is 0 Å². The van der Waals surface area contributed by atoms with Gasteiger partial charge in [-0.25, -0.2) is 15.0 Å². The van der Waals surface area contributed by atoms with E-state index >= 15 is 0 Å². The Balaban J connectivity index is 2.07. The van der Waals surface area contributed by atoms with Crippen molar-refractivity contribution >= 4 is 34.8 Å². The Labute approximate surface area is 132 Å². The lowest BCUT2D eigenvalue weighted by Gasteiger charge is -2.16. The summed E-state index contributed by atoms with van der Waals surface area (Å²) in [4.78, 5) is 20.0. The summed E-state index contributed by atoms with van der Waals surface area (Å²) < 4.78 is 0. The van der Waals surface area contributed by atoms with Crippen LogP contribution in [0.2, 0.25) is 5.02 Å². The number of amides is 1. The topological polar surface area (TPSA) is 108 Å². The molecule has 1 aromatic heterocycles. The van der Waals surface area contributed by atoms with Gasteiger partial charge < -0.3 is 11.2 Å². The molecule has 0 saturated carbocycles. The minimum Gasteiger partial charge on any atom is -0.393 e. The highest BCUT2D eigenvalue weighted by Crippen LogP contribution is 2.21. The fraction of sp³-hybridized carbons (Fsp3) is 0.154. The zero-order chi connectivity index (χ0) is 16.1. The van der Waals surface area contributed by atoms with Crippen molar-refractivity contribution in [2.75, 3.05) is 30.7 Å². The SMILES string of the molecule is CN(C)Nc1ncnc(NNC(=O)c2cccc(Cl)c2)c1N. The van der Waals surface area contributed by atoms with Crippen LogP contribution in [0, 0.1) is 0 Å². The molecule has 1 amide bonds. The quantitative estimate of drug-likeness (QED) is 0.616. The van der Waals surface area contributed by atoms with Crippen LogP contribution in [-0.4, -0.2) is 35.0 Å². The predicted molar refractivity (Wildman–Crippen MR) is 86.3 cm³/mol. The van der Waals surface area contributed by atoms with Crippen LogP contribution in [0.5, 0.6) is 0 Å². The van der Waals surface area contributed by atoms with Gasteiger partial charge in [0.1, 0.15) is 12.0 Å². The molecule has 0 saturated heterocycles. The lowest BCUT2D eigenvalue weighted by molar-refractivity contribution is 0.0962. The smallest absolute Gasteiger partial charge is 0.269 e. The first-order valence-corrected chi connectivity index (χ1v) is 6.71. The number of nitrogens with two attached hydrogens (primary N) is 1. The molecule has 1 aromatic carbocycles. The summed E-state index contributed by atoms with van der Waals surface area (Å²) in [6.07, 6.45) is 1.33. The van der Waals surface area contributed by atoms with Crippen molar-refractivity contribution in [1.29, 1.82) is 0 Å². The summed E-state index contributed by atoms with van der Waals surface area (Å²) in [5.41, 5.74) is 14.7. The Morgan fingerprint density at radius 3 is 2.68 bits per heavy atom. The minimum atomic E-state index is -0.359. The molecule has 2 rings (SSSR count). The van der Waals surface area contributed by atoms with Crippen molar-refractivity contribution in [2.45, 2.75) is 0 Å². The second-order valence-electron chi connectivity index (χ2n) is 4.58. The number of anilines is 3. The van der Waals surface area contributed by atoms with Gasteiger partial charge in [0.15, 0.2) is 11.6 Å². The van der Waals surface area contributed by atoms with Crippen LogP contribution in [0.15, 0.2) is 30.6 Å². The van der Waals surface area contributed by atoms with Crippen molar-refractivity contribution in [3.05, 3.63) is 41.2 Å². The van der Waals surface area contributed by atoms with Crippen LogP contribution in [0.4, 0.5) is 17.3 Å². The maximum Gasteiger partial charge on any atom is 0.269 e. The molecule has 0 radical (unpaired) electrons. The first kappa shape index (κ1) is 15.8. The number of benzene rings is 1. The molecule has 8 nitrogen and oxygen atoms in total. The number of hydrazine groups is 2. The highest BCUT2D eigenvalue weighted by Gasteiger charge is 2.10. The Morgan fingerprint density at radius 1 is 1.27 bits per heavy atom. The van der Waals surface area contributed by atoms with E-state index in [0.29, 0.717) is 16.4 Å². The second kappa shape index (κ2) is 6.92. The zero-order valence-corrected chi connectivity index (χ0v) is 12.8. The largest absolute Gasteiger partial charge is 0.393 e. The molecule has 5 N–H and O–H groups in total. The summed E-state index contributed by atoms with van der Waals surface area (Å²) >= 11 is 5.85. The Bertz CT molecular complexity index is 677. The normalized spacial score (nSPS) is 10.4. The Hall–Kier alpha value is -2.58. The lowest BCUT2D eigenvalue weighted by atomic mass is 10.2. The molecule has 0 bridgehead atoms.